The smallest absolute Gasteiger partial charge is 0.369 e. The van der Waals surface area contributed by atoms with Crippen molar-refractivity contribution in [1.82, 2.24) is 14.8 Å². The van der Waals surface area contributed by atoms with Gasteiger partial charge in [0.2, 0.25) is 0 Å². The van der Waals surface area contributed by atoms with Crippen LogP contribution < -0.4 is 10.2 Å². The summed E-state index contributed by atoms with van der Waals surface area (Å²) in [6.07, 6.45) is 6.17. The number of benzene rings is 1. The molecular weight excluding hydrogens is 477 g/mol. The molecule has 2 aliphatic rings. The molecule has 1 N–H and O–H groups in total. The first-order valence-electron chi connectivity index (χ1n) is 13.3. The summed E-state index contributed by atoms with van der Waals surface area (Å²) in [5, 5.41) is 3.09. The second-order valence-electron chi connectivity index (χ2n) is 9.81. The van der Waals surface area contributed by atoms with Crippen molar-refractivity contribution < 1.29 is 18.0 Å². The van der Waals surface area contributed by atoms with Gasteiger partial charge in [0.15, 0.2) is 0 Å². The van der Waals surface area contributed by atoms with Gasteiger partial charge in [-0.25, -0.2) is 0 Å². The molecule has 0 atom stereocenters. The van der Waals surface area contributed by atoms with Crippen LogP contribution in [0.2, 0.25) is 0 Å². The SMILES string of the molecule is CCCn1c(C2=CCCC=C2)cc(C(=O)NCCCN2CCN(c3cccc(C(F)(F)F)c3)CC2)c1C. The average Bonchev–Trinajstić information content (AvgIpc) is 3.23. The number of alkyl halides is 3. The van der Waals surface area contributed by atoms with E-state index in [2.05, 4.69) is 39.9 Å². The Kier molecular flexibility index (Phi) is 8.79. The van der Waals surface area contributed by atoms with Crippen molar-refractivity contribution in [3.63, 3.8) is 0 Å². The molecule has 2 heterocycles. The third-order valence-corrected chi connectivity index (χ3v) is 7.20. The number of piperazine rings is 1. The summed E-state index contributed by atoms with van der Waals surface area (Å²) >= 11 is 0. The van der Waals surface area contributed by atoms with E-state index in [1.54, 1.807) is 6.07 Å². The summed E-state index contributed by atoms with van der Waals surface area (Å²) in [5.74, 6) is -0.0386. The fourth-order valence-corrected chi connectivity index (χ4v) is 5.14. The van der Waals surface area contributed by atoms with Crippen molar-refractivity contribution in [2.45, 2.75) is 52.3 Å². The lowest BCUT2D eigenvalue weighted by Gasteiger charge is -2.36. The highest BCUT2D eigenvalue weighted by molar-refractivity contribution is 5.97. The quantitative estimate of drug-likeness (QED) is 0.424. The van der Waals surface area contributed by atoms with E-state index in [9.17, 15) is 18.0 Å². The van der Waals surface area contributed by atoms with Crippen LogP contribution in [0.1, 0.15) is 59.9 Å². The van der Waals surface area contributed by atoms with Crippen LogP contribution in [0.4, 0.5) is 18.9 Å². The van der Waals surface area contributed by atoms with E-state index in [4.69, 9.17) is 0 Å². The fraction of sp³-hybridized carbons (Fsp3) is 0.483. The monoisotopic (exact) mass is 514 g/mol. The maximum absolute atomic E-state index is 13.0. The van der Waals surface area contributed by atoms with Gasteiger partial charge in [-0.15, -0.1) is 0 Å². The number of anilines is 1. The molecule has 1 amide bonds. The van der Waals surface area contributed by atoms with Gasteiger partial charge < -0.3 is 14.8 Å². The molecule has 2 aromatic rings. The van der Waals surface area contributed by atoms with E-state index >= 15 is 0 Å². The van der Waals surface area contributed by atoms with Gasteiger partial charge in [-0.2, -0.15) is 13.2 Å². The van der Waals surface area contributed by atoms with E-state index in [1.807, 2.05) is 17.9 Å². The Bertz CT molecular complexity index is 1140. The maximum atomic E-state index is 13.0. The topological polar surface area (TPSA) is 40.5 Å². The molecule has 1 aliphatic heterocycles. The second-order valence-corrected chi connectivity index (χ2v) is 9.81. The van der Waals surface area contributed by atoms with E-state index in [0.29, 0.717) is 25.3 Å². The van der Waals surface area contributed by atoms with Crippen LogP contribution in [0.15, 0.2) is 48.6 Å². The summed E-state index contributed by atoms with van der Waals surface area (Å²) in [6, 6.07) is 7.57. The fourth-order valence-electron chi connectivity index (χ4n) is 5.14. The van der Waals surface area contributed by atoms with E-state index in [0.717, 1.165) is 74.9 Å². The van der Waals surface area contributed by atoms with Crippen molar-refractivity contribution >= 4 is 17.2 Å². The Morgan fingerprint density at radius 2 is 1.84 bits per heavy atom. The first-order chi connectivity index (χ1) is 17.8. The molecule has 1 aromatic heterocycles. The molecule has 37 heavy (non-hydrogen) atoms. The number of hydrogen-bond acceptors (Lipinski definition) is 3. The molecule has 0 saturated carbocycles. The van der Waals surface area contributed by atoms with Gasteiger partial charge in [0.1, 0.15) is 0 Å². The first kappa shape index (κ1) is 27.0. The van der Waals surface area contributed by atoms with Crippen LogP contribution >= 0.6 is 0 Å². The van der Waals surface area contributed by atoms with Gasteiger partial charge in [0.25, 0.3) is 5.91 Å². The number of carbonyl (C=O) groups excluding carboxylic acids is 1. The minimum Gasteiger partial charge on any atom is -0.369 e. The lowest BCUT2D eigenvalue weighted by Crippen LogP contribution is -2.47. The van der Waals surface area contributed by atoms with Crippen LogP contribution in [-0.2, 0) is 12.7 Å². The summed E-state index contributed by atoms with van der Waals surface area (Å²) < 4.78 is 41.4. The first-order valence-corrected chi connectivity index (χ1v) is 13.3. The Labute approximate surface area is 217 Å². The maximum Gasteiger partial charge on any atom is 0.416 e. The van der Waals surface area contributed by atoms with Crippen LogP contribution in [0.5, 0.6) is 0 Å². The predicted octanol–water partition coefficient (Wildman–Crippen LogP) is 5.90. The number of hydrogen-bond donors (Lipinski definition) is 1. The average molecular weight is 515 g/mol. The molecule has 1 aromatic carbocycles. The summed E-state index contributed by atoms with van der Waals surface area (Å²) in [6.45, 7) is 9.42. The van der Waals surface area contributed by atoms with Crippen LogP contribution in [0.3, 0.4) is 0 Å². The van der Waals surface area contributed by atoms with Gasteiger partial charge in [-0.1, -0.05) is 31.2 Å². The van der Waals surface area contributed by atoms with Gasteiger partial charge in [0, 0.05) is 56.3 Å². The van der Waals surface area contributed by atoms with E-state index in [-0.39, 0.29) is 5.91 Å². The van der Waals surface area contributed by atoms with Crippen LogP contribution in [-0.4, -0.2) is 54.6 Å². The number of nitrogens with zero attached hydrogens (tertiary/aromatic N) is 3. The molecule has 1 fully saturated rings. The van der Waals surface area contributed by atoms with Crippen molar-refractivity contribution in [1.29, 1.82) is 0 Å². The van der Waals surface area contributed by atoms with Crippen LogP contribution in [0, 0.1) is 6.92 Å². The Balaban J connectivity index is 1.25. The summed E-state index contributed by atoms with van der Waals surface area (Å²) in [7, 11) is 0. The molecule has 1 aliphatic carbocycles. The molecule has 4 rings (SSSR count). The zero-order chi connectivity index (χ0) is 26.4. The van der Waals surface area contributed by atoms with Crippen molar-refractivity contribution in [2.24, 2.45) is 0 Å². The standard InChI is InChI=1S/C29H37F3N4O/c1-3-14-36-22(2)26(21-27(36)23-9-5-4-6-10-23)28(37)33-13-8-15-34-16-18-35(19-17-34)25-12-7-11-24(20-25)29(30,31)32/h5,7,9-12,20-21H,3-4,6,8,13-19H2,1-2H3,(H,33,37). The molecule has 5 nitrogen and oxygen atoms in total. The van der Waals surface area contributed by atoms with Gasteiger partial charge in [0.05, 0.1) is 11.1 Å². The van der Waals surface area contributed by atoms with Crippen molar-refractivity contribution in [3.05, 3.63) is 71.1 Å². The highest BCUT2D eigenvalue weighted by Crippen LogP contribution is 2.32. The Morgan fingerprint density at radius 3 is 2.51 bits per heavy atom. The molecule has 8 heteroatoms. The number of carbonyl (C=O) groups is 1. The molecular formula is C29H37F3N4O. The number of rotatable bonds is 9. The number of aromatic nitrogens is 1. The number of amides is 1. The minimum absolute atomic E-state index is 0.0386. The van der Waals surface area contributed by atoms with Gasteiger partial charge in [-0.05, 0) is 69.0 Å². The zero-order valence-corrected chi connectivity index (χ0v) is 21.8. The minimum atomic E-state index is -4.33. The third-order valence-electron chi connectivity index (χ3n) is 7.20. The van der Waals surface area contributed by atoms with E-state index in [1.165, 1.54) is 17.7 Å². The molecule has 200 valence electrons. The van der Waals surface area contributed by atoms with Gasteiger partial charge in [-0.3, -0.25) is 9.69 Å². The number of allylic oxidation sites excluding steroid dienone is 4. The van der Waals surface area contributed by atoms with Crippen molar-refractivity contribution in [2.75, 3.05) is 44.2 Å². The highest BCUT2D eigenvalue weighted by atomic mass is 19.4. The molecule has 1 saturated heterocycles. The third kappa shape index (κ3) is 6.66. The predicted molar refractivity (Wildman–Crippen MR) is 143 cm³/mol. The molecule has 0 spiro atoms. The van der Waals surface area contributed by atoms with Crippen LogP contribution in [0.25, 0.3) is 5.57 Å². The Hall–Kier alpha value is -3.00. The lowest BCUT2D eigenvalue weighted by molar-refractivity contribution is -0.137. The lowest BCUT2D eigenvalue weighted by atomic mass is 10.0. The number of halogens is 3. The molecule has 0 unspecified atom stereocenters. The van der Waals surface area contributed by atoms with E-state index < -0.39 is 11.7 Å². The largest absolute Gasteiger partial charge is 0.416 e. The zero-order valence-electron chi connectivity index (χ0n) is 21.8. The normalized spacial score (nSPS) is 16.7. The highest BCUT2D eigenvalue weighted by Gasteiger charge is 2.31. The Morgan fingerprint density at radius 1 is 1.05 bits per heavy atom. The molecule has 0 bridgehead atoms. The summed E-state index contributed by atoms with van der Waals surface area (Å²) in [4.78, 5) is 17.3. The summed E-state index contributed by atoms with van der Waals surface area (Å²) in [5.41, 5.74) is 4.04. The van der Waals surface area contributed by atoms with Crippen molar-refractivity contribution in [3.8, 4) is 0 Å². The van der Waals surface area contributed by atoms with Gasteiger partial charge >= 0.3 is 6.18 Å². The molecule has 0 radical (unpaired) electrons. The number of nitrogens with one attached hydrogen (secondary N) is 1. The second kappa shape index (κ2) is 12.0.